The molecule has 194 valence electrons. The van der Waals surface area contributed by atoms with Gasteiger partial charge in [-0.15, -0.1) is 0 Å². The summed E-state index contributed by atoms with van der Waals surface area (Å²) in [5.41, 5.74) is 2.33. The fraction of sp³-hybridized carbons (Fsp3) is 0.333. The third kappa shape index (κ3) is 5.15. The third-order valence-corrected chi connectivity index (χ3v) is 6.24. The number of nitrogens with zero attached hydrogens (tertiary/aromatic N) is 3. The average Bonchev–Trinajstić information content (AvgIpc) is 3.00. The Morgan fingerprint density at radius 2 is 1.86 bits per heavy atom. The Balaban J connectivity index is 1.57. The molecule has 2 heterocycles. The van der Waals surface area contributed by atoms with E-state index in [-0.39, 0.29) is 43.5 Å². The molecular weight excluding hydrogens is 486 g/mol. The summed E-state index contributed by atoms with van der Waals surface area (Å²) in [4.78, 5) is 74.4. The molecule has 0 aliphatic carbocycles. The predicted octanol–water partition coefficient (Wildman–Crippen LogP) is 0.382. The van der Waals surface area contributed by atoms with Crippen LogP contribution in [0.5, 0.6) is 5.75 Å². The number of aliphatic carboxylic acids is 1. The molecule has 0 bridgehead atoms. The summed E-state index contributed by atoms with van der Waals surface area (Å²) < 4.78 is 0. The number of carboxylic acid groups (broad SMARTS) is 1. The molecular formula is C24H25N5O8. The van der Waals surface area contributed by atoms with Crippen molar-refractivity contribution in [1.29, 1.82) is 0 Å². The van der Waals surface area contributed by atoms with E-state index in [1.54, 1.807) is 30.3 Å². The molecule has 0 radical (unpaired) electrons. The van der Waals surface area contributed by atoms with E-state index in [1.807, 2.05) is 0 Å². The van der Waals surface area contributed by atoms with Crippen LogP contribution in [0.1, 0.15) is 36.0 Å². The molecule has 2 aromatic carbocycles. The van der Waals surface area contributed by atoms with Crippen LogP contribution in [0, 0.1) is 0 Å². The second-order valence-electron chi connectivity index (χ2n) is 8.68. The van der Waals surface area contributed by atoms with E-state index in [2.05, 4.69) is 10.7 Å². The van der Waals surface area contributed by atoms with Gasteiger partial charge >= 0.3 is 12.0 Å². The molecule has 2 saturated heterocycles. The first-order valence-corrected chi connectivity index (χ1v) is 11.6. The molecule has 2 unspecified atom stereocenters. The Morgan fingerprint density at radius 1 is 1.11 bits per heavy atom. The van der Waals surface area contributed by atoms with Crippen molar-refractivity contribution in [3.63, 3.8) is 0 Å². The number of nitrogens with one attached hydrogen (secondary N) is 2. The summed E-state index contributed by atoms with van der Waals surface area (Å²) in [5.74, 6) is -3.62. The zero-order valence-electron chi connectivity index (χ0n) is 19.6. The molecule has 2 atom stereocenters. The molecule has 2 fully saturated rings. The molecule has 13 nitrogen and oxygen atoms in total. The van der Waals surface area contributed by atoms with Crippen molar-refractivity contribution >= 4 is 46.8 Å². The lowest BCUT2D eigenvalue weighted by molar-refractivity contribution is -0.155. The van der Waals surface area contributed by atoms with Crippen LogP contribution >= 0.6 is 0 Å². The molecule has 2 aliphatic heterocycles. The van der Waals surface area contributed by atoms with Gasteiger partial charge in [-0.3, -0.25) is 24.6 Å². The van der Waals surface area contributed by atoms with E-state index in [4.69, 9.17) is 5.11 Å². The molecule has 4 N–H and O–H groups in total. The molecule has 2 aromatic rings. The van der Waals surface area contributed by atoms with Gasteiger partial charge < -0.3 is 20.3 Å². The van der Waals surface area contributed by atoms with Crippen molar-refractivity contribution in [2.75, 3.05) is 13.1 Å². The van der Waals surface area contributed by atoms with Gasteiger partial charge in [0, 0.05) is 18.4 Å². The number of hydrogen-bond acceptors (Lipinski definition) is 7. The zero-order chi connectivity index (χ0) is 26.7. The predicted molar refractivity (Wildman–Crippen MR) is 127 cm³/mol. The van der Waals surface area contributed by atoms with Gasteiger partial charge in [0.15, 0.2) is 0 Å². The van der Waals surface area contributed by atoms with Gasteiger partial charge in [-0.25, -0.2) is 19.8 Å². The number of aldehydes is 1. The minimum absolute atomic E-state index is 0.0886. The van der Waals surface area contributed by atoms with Crippen molar-refractivity contribution < 1.29 is 39.0 Å². The highest BCUT2D eigenvalue weighted by Crippen LogP contribution is 2.29. The number of carbonyl (C=O) groups excluding carboxylic acids is 5. The smallest absolute Gasteiger partial charge is 0.358 e. The molecule has 13 heteroatoms. The van der Waals surface area contributed by atoms with Gasteiger partial charge in [-0.2, -0.15) is 0 Å². The lowest BCUT2D eigenvalue weighted by Crippen LogP contribution is -2.64. The Morgan fingerprint density at radius 3 is 2.59 bits per heavy atom. The second kappa shape index (κ2) is 10.5. The number of carboxylic acids is 1. The van der Waals surface area contributed by atoms with Gasteiger partial charge in [-0.1, -0.05) is 30.3 Å². The number of urea groups is 1. The number of fused-ring (bicyclic) bond motifs is 2. The van der Waals surface area contributed by atoms with Crippen molar-refractivity contribution in [2.24, 2.45) is 0 Å². The van der Waals surface area contributed by atoms with E-state index in [0.717, 1.165) is 15.0 Å². The maximum atomic E-state index is 13.5. The summed E-state index contributed by atoms with van der Waals surface area (Å²) in [6, 6.07) is 6.56. The maximum absolute atomic E-state index is 13.5. The van der Waals surface area contributed by atoms with Crippen LogP contribution in [0.15, 0.2) is 36.4 Å². The number of benzene rings is 2. The second-order valence-corrected chi connectivity index (χ2v) is 8.68. The standard InChI is InChI=1S/C24H25N5O8/c30-13-15(12-20(32)33)25-23(36)18-6-3-10-28-19(31)9-11-27(24(37)29(18)28)26-22(35)17-8-7-14-4-1-2-5-16(14)21(17)34/h1-2,4-5,7-8,13,15,18,34H,3,6,9-12H2,(H,25,36)(H,26,35)(H,32,33). The highest BCUT2D eigenvalue weighted by atomic mass is 16.4. The van der Waals surface area contributed by atoms with Crippen LogP contribution in [-0.2, 0) is 19.2 Å². The van der Waals surface area contributed by atoms with Crippen LogP contribution in [0.4, 0.5) is 4.79 Å². The van der Waals surface area contributed by atoms with Gasteiger partial charge in [-0.05, 0) is 24.3 Å². The fourth-order valence-electron chi connectivity index (χ4n) is 4.44. The normalized spacial score (nSPS) is 18.6. The third-order valence-electron chi connectivity index (χ3n) is 6.24. The van der Waals surface area contributed by atoms with Crippen LogP contribution in [0.2, 0.25) is 0 Å². The molecule has 0 aromatic heterocycles. The van der Waals surface area contributed by atoms with E-state index in [0.29, 0.717) is 17.2 Å². The summed E-state index contributed by atoms with van der Waals surface area (Å²) in [6.07, 6.45) is 0.0277. The van der Waals surface area contributed by atoms with Crippen LogP contribution < -0.4 is 10.7 Å². The Labute approximate surface area is 210 Å². The van der Waals surface area contributed by atoms with Gasteiger partial charge in [0.2, 0.25) is 11.8 Å². The van der Waals surface area contributed by atoms with Gasteiger partial charge in [0.1, 0.15) is 18.1 Å². The van der Waals surface area contributed by atoms with Crippen molar-refractivity contribution in [1.82, 2.24) is 25.8 Å². The van der Waals surface area contributed by atoms with E-state index in [1.165, 1.54) is 6.07 Å². The van der Waals surface area contributed by atoms with E-state index in [9.17, 15) is 33.9 Å². The quantitative estimate of drug-likeness (QED) is 0.386. The lowest BCUT2D eigenvalue weighted by atomic mass is 10.1. The summed E-state index contributed by atoms with van der Waals surface area (Å²) in [5, 5.41) is 26.0. The Hall–Kier alpha value is -4.68. The minimum Gasteiger partial charge on any atom is -0.506 e. The van der Waals surface area contributed by atoms with Crippen molar-refractivity contribution in [2.45, 2.75) is 37.8 Å². The SMILES string of the molecule is O=CC(CC(=O)O)NC(=O)C1CCCN2C(=O)CCN(NC(=O)c3ccc4ccccc4c3O)C(=O)N12. The minimum atomic E-state index is -1.31. The van der Waals surface area contributed by atoms with Crippen LogP contribution in [-0.4, -0.2) is 86.4 Å². The van der Waals surface area contributed by atoms with E-state index >= 15 is 0 Å². The Kier molecular flexibility index (Phi) is 7.22. The molecule has 0 saturated carbocycles. The molecule has 4 rings (SSSR count). The fourth-order valence-corrected chi connectivity index (χ4v) is 4.44. The number of hydrogen-bond donors (Lipinski definition) is 4. The highest BCUT2D eigenvalue weighted by Gasteiger charge is 2.44. The summed E-state index contributed by atoms with van der Waals surface area (Å²) in [6.45, 7) is -0.0249. The first kappa shape index (κ1) is 25.4. The molecule has 5 amide bonds. The largest absolute Gasteiger partial charge is 0.506 e. The number of amides is 5. The first-order valence-electron chi connectivity index (χ1n) is 11.6. The van der Waals surface area contributed by atoms with Gasteiger partial charge in [0.25, 0.3) is 5.91 Å². The van der Waals surface area contributed by atoms with E-state index < -0.39 is 48.2 Å². The van der Waals surface area contributed by atoms with Crippen molar-refractivity contribution in [3.8, 4) is 5.75 Å². The Bertz CT molecular complexity index is 1280. The summed E-state index contributed by atoms with van der Waals surface area (Å²) >= 11 is 0. The number of phenols is 1. The number of phenolic OH excluding ortho intramolecular Hbond substituents is 1. The van der Waals surface area contributed by atoms with Gasteiger partial charge in [0.05, 0.1) is 24.6 Å². The lowest BCUT2D eigenvalue weighted by Gasteiger charge is -2.42. The van der Waals surface area contributed by atoms with Crippen molar-refractivity contribution in [3.05, 3.63) is 42.0 Å². The summed E-state index contributed by atoms with van der Waals surface area (Å²) in [7, 11) is 0. The average molecular weight is 511 g/mol. The first-order chi connectivity index (χ1) is 17.7. The van der Waals surface area contributed by atoms with Crippen LogP contribution in [0.3, 0.4) is 0 Å². The maximum Gasteiger partial charge on any atom is 0.358 e. The monoisotopic (exact) mass is 511 g/mol. The highest BCUT2D eigenvalue weighted by molar-refractivity contribution is 6.04. The molecule has 0 spiro atoms. The molecule has 37 heavy (non-hydrogen) atoms. The number of carbonyl (C=O) groups is 6. The number of hydrazine groups is 2. The number of aromatic hydroxyl groups is 1. The molecule has 2 aliphatic rings. The topological polar surface area (TPSA) is 177 Å². The van der Waals surface area contributed by atoms with Crippen LogP contribution in [0.25, 0.3) is 10.8 Å². The zero-order valence-corrected chi connectivity index (χ0v) is 19.6. The number of rotatable bonds is 7.